The van der Waals surface area contributed by atoms with Crippen molar-refractivity contribution >= 4 is 33.3 Å². The molecule has 154 valence electrons. The summed E-state index contributed by atoms with van der Waals surface area (Å²) in [5.74, 6) is 1.55. The van der Waals surface area contributed by atoms with Crippen LogP contribution in [0.4, 0.5) is 11.8 Å². The number of thiazole rings is 1. The van der Waals surface area contributed by atoms with Gasteiger partial charge in [-0.15, -0.1) is 11.3 Å². The van der Waals surface area contributed by atoms with Gasteiger partial charge in [0.1, 0.15) is 16.3 Å². The number of aryl methyl sites for hydroxylation is 2. The highest BCUT2D eigenvalue weighted by Gasteiger charge is 2.36. The average Bonchev–Trinajstić information content (AvgIpc) is 3.29. The van der Waals surface area contributed by atoms with E-state index < -0.39 is 0 Å². The lowest BCUT2D eigenvalue weighted by Crippen LogP contribution is -2.32. The first-order valence-electron chi connectivity index (χ1n) is 9.97. The smallest absolute Gasteiger partial charge is 0.222 e. The molecule has 8 heteroatoms. The van der Waals surface area contributed by atoms with E-state index in [0.29, 0.717) is 12.0 Å². The molecule has 29 heavy (non-hydrogen) atoms. The second-order valence-electron chi connectivity index (χ2n) is 8.31. The lowest BCUT2D eigenvalue weighted by atomic mass is 9.89. The number of methoxy groups -OCH3 is 1. The van der Waals surface area contributed by atoms with Crippen LogP contribution in [0.2, 0.25) is 0 Å². The number of nitrogens with one attached hydrogen (secondary N) is 1. The molecule has 0 saturated heterocycles. The molecule has 1 aliphatic rings. The van der Waals surface area contributed by atoms with Crippen molar-refractivity contribution in [2.75, 3.05) is 18.2 Å². The molecule has 2 atom stereocenters. The fourth-order valence-corrected chi connectivity index (χ4v) is 5.26. The molecular formula is C21H28N6OS. The van der Waals surface area contributed by atoms with Gasteiger partial charge in [0.05, 0.1) is 27.3 Å². The van der Waals surface area contributed by atoms with Crippen molar-refractivity contribution in [3.63, 3.8) is 0 Å². The number of fused-ring (bicyclic) bond motifs is 1. The third-order valence-electron chi connectivity index (χ3n) is 6.09. The van der Waals surface area contributed by atoms with Crippen molar-refractivity contribution in [1.82, 2.24) is 19.9 Å². The summed E-state index contributed by atoms with van der Waals surface area (Å²) in [7, 11) is 1.79. The molecule has 3 N–H and O–H groups in total. The molecule has 7 nitrogen and oxygen atoms in total. The van der Waals surface area contributed by atoms with Crippen LogP contribution in [0.25, 0.3) is 20.8 Å². The van der Waals surface area contributed by atoms with Crippen molar-refractivity contribution in [2.45, 2.75) is 58.6 Å². The minimum absolute atomic E-state index is 0.128. The first kappa shape index (κ1) is 20.0. The molecule has 3 heterocycles. The van der Waals surface area contributed by atoms with E-state index in [1.54, 1.807) is 18.4 Å². The van der Waals surface area contributed by atoms with Crippen LogP contribution in [0, 0.1) is 19.8 Å². The Morgan fingerprint density at radius 3 is 2.69 bits per heavy atom. The molecule has 0 aliphatic heterocycles. The van der Waals surface area contributed by atoms with E-state index >= 15 is 0 Å². The van der Waals surface area contributed by atoms with Gasteiger partial charge >= 0.3 is 0 Å². The number of hydrogen-bond acceptors (Lipinski definition) is 8. The number of hydrogen-bond donors (Lipinski definition) is 2. The van der Waals surface area contributed by atoms with Crippen molar-refractivity contribution in [3.8, 4) is 10.6 Å². The predicted octanol–water partition coefficient (Wildman–Crippen LogP) is 4.35. The summed E-state index contributed by atoms with van der Waals surface area (Å²) in [6, 6.07) is 2.32. The van der Waals surface area contributed by atoms with E-state index in [-0.39, 0.29) is 11.5 Å². The van der Waals surface area contributed by atoms with Crippen LogP contribution in [0.15, 0.2) is 12.3 Å². The molecule has 1 aliphatic carbocycles. The van der Waals surface area contributed by atoms with Crippen LogP contribution in [0.5, 0.6) is 0 Å². The summed E-state index contributed by atoms with van der Waals surface area (Å²) in [6.45, 7) is 8.26. The summed E-state index contributed by atoms with van der Waals surface area (Å²) in [4.78, 5) is 18.2. The molecule has 1 unspecified atom stereocenters. The predicted molar refractivity (Wildman–Crippen MR) is 118 cm³/mol. The molecule has 1 fully saturated rings. The Hall–Kier alpha value is -2.32. The van der Waals surface area contributed by atoms with E-state index in [2.05, 4.69) is 34.1 Å². The van der Waals surface area contributed by atoms with Crippen molar-refractivity contribution < 1.29 is 4.74 Å². The highest BCUT2D eigenvalue weighted by Crippen LogP contribution is 2.40. The van der Waals surface area contributed by atoms with Gasteiger partial charge in [-0.25, -0.2) is 9.97 Å². The Kier molecular flexibility index (Phi) is 5.16. The summed E-state index contributed by atoms with van der Waals surface area (Å²) in [6.07, 6.45) is 5.05. The number of nitrogen functional groups attached to an aromatic ring is 1. The summed E-state index contributed by atoms with van der Waals surface area (Å²) >= 11 is 1.63. The molecule has 3 aromatic heterocycles. The Labute approximate surface area is 175 Å². The maximum absolute atomic E-state index is 5.99. The fourth-order valence-electron chi connectivity index (χ4n) is 4.15. The molecule has 3 aromatic rings. The lowest BCUT2D eigenvalue weighted by Gasteiger charge is -2.30. The molecule has 0 aromatic carbocycles. The van der Waals surface area contributed by atoms with Crippen LogP contribution in [0.1, 0.15) is 44.5 Å². The zero-order valence-corrected chi connectivity index (χ0v) is 18.4. The highest BCUT2D eigenvalue weighted by atomic mass is 32.1. The summed E-state index contributed by atoms with van der Waals surface area (Å²) < 4.78 is 6.82. The molecular weight excluding hydrogens is 384 g/mol. The van der Waals surface area contributed by atoms with E-state index in [9.17, 15) is 0 Å². The Bertz CT molecular complexity index is 1050. The first-order valence-corrected chi connectivity index (χ1v) is 10.8. The van der Waals surface area contributed by atoms with Gasteiger partial charge in [-0.1, -0.05) is 0 Å². The number of nitrogens with zero attached hydrogens (tertiary/aromatic N) is 4. The number of aromatic nitrogens is 4. The maximum Gasteiger partial charge on any atom is 0.222 e. The lowest BCUT2D eigenvalue weighted by molar-refractivity contribution is -0.0258. The Morgan fingerprint density at radius 1 is 1.17 bits per heavy atom. The zero-order valence-electron chi connectivity index (χ0n) is 17.6. The summed E-state index contributed by atoms with van der Waals surface area (Å²) in [5, 5.41) is 4.53. The van der Waals surface area contributed by atoms with Gasteiger partial charge in [-0.05, 0) is 58.9 Å². The van der Waals surface area contributed by atoms with Gasteiger partial charge < -0.3 is 15.8 Å². The van der Waals surface area contributed by atoms with Crippen LogP contribution in [-0.2, 0) is 4.74 Å². The fraction of sp³-hybridized carbons (Fsp3) is 0.524. The SMILES string of the molecule is COC(C)(C)C1CC[C@H](Nc2nc(N)nc(C)c2-c2nc3c(C)nccc3s2)C1. The first-order chi connectivity index (χ1) is 13.8. The maximum atomic E-state index is 5.99. The molecule has 1 saturated carbocycles. The van der Waals surface area contributed by atoms with Crippen molar-refractivity contribution in [2.24, 2.45) is 5.92 Å². The van der Waals surface area contributed by atoms with E-state index in [4.69, 9.17) is 15.5 Å². The second-order valence-corrected chi connectivity index (χ2v) is 9.34. The number of nitrogens with two attached hydrogens (primary N) is 1. The van der Waals surface area contributed by atoms with Crippen LogP contribution < -0.4 is 11.1 Å². The third-order valence-corrected chi connectivity index (χ3v) is 7.13. The monoisotopic (exact) mass is 412 g/mol. The second kappa shape index (κ2) is 7.50. The van der Waals surface area contributed by atoms with Crippen molar-refractivity contribution in [3.05, 3.63) is 23.7 Å². The summed E-state index contributed by atoms with van der Waals surface area (Å²) in [5.41, 5.74) is 9.47. The van der Waals surface area contributed by atoms with Gasteiger partial charge in [-0.3, -0.25) is 4.98 Å². The Balaban J connectivity index is 1.68. The number of ether oxygens (including phenoxy) is 1. The van der Waals surface area contributed by atoms with Gasteiger partial charge in [0.25, 0.3) is 0 Å². The van der Waals surface area contributed by atoms with Crippen LogP contribution in [-0.4, -0.2) is 38.7 Å². The molecule has 0 bridgehead atoms. The van der Waals surface area contributed by atoms with Crippen LogP contribution in [0.3, 0.4) is 0 Å². The zero-order chi connectivity index (χ0) is 20.8. The van der Waals surface area contributed by atoms with Gasteiger partial charge in [-0.2, -0.15) is 4.98 Å². The molecule has 0 radical (unpaired) electrons. The molecule has 4 rings (SSSR count). The third kappa shape index (κ3) is 3.79. The number of rotatable bonds is 5. The van der Waals surface area contributed by atoms with Gasteiger partial charge in [0.2, 0.25) is 5.95 Å². The topological polar surface area (TPSA) is 98.8 Å². The molecule has 0 amide bonds. The average molecular weight is 413 g/mol. The normalized spacial score (nSPS) is 19.8. The number of pyridine rings is 1. The van der Waals surface area contributed by atoms with Crippen molar-refractivity contribution in [1.29, 1.82) is 0 Å². The molecule has 0 spiro atoms. The largest absolute Gasteiger partial charge is 0.379 e. The highest BCUT2D eigenvalue weighted by molar-refractivity contribution is 7.21. The van der Waals surface area contributed by atoms with Gasteiger partial charge in [0, 0.05) is 19.3 Å². The standard InChI is InChI=1S/C21H28N6OS/c1-11-16(19-26-17-12(2)23-9-8-15(17)29-19)18(27-20(22)24-11)25-14-7-6-13(10-14)21(3,4)28-5/h8-9,13-14H,6-7,10H2,1-5H3,(H3,22,24,25,27)/t13?,14-/m0/s1. The minimum atomic E-state index is -0.128. The quantitative estimate of drug-likeness (QED) is 0.642. The number of anilines is 2. The van der Waals surface area contributed by atoms with E-state index in [1.165, 1.54) is 0 Å². The van der Waals surface area contributed by atoms with Gasteiger partial charge in [0.15, 0.2) is 0 Å². The van der Waals surface area contributed by atoms with E-state index in [1.807, 2.05) is 26.1 Å². The van der Waals surface area contributed by atoms with E-state index in [0.717, 1.165) is 57.3 Å². The van der Waals surface area contributed by atoms with Crippen LogP contribution >= 0.6 is 11.3 Å². The Morgan fingerprint density at radius 2 is 1.97 bits per heavy atom. The minimum Gasteiger partial charge on any atom is -0.379 e.